The summed E-state index contributed by atoms with van der Waals surface area (Å²) in [6.45, 7) is 0. The Morgan fingerprint density at radius 2 is 2.29 bits per heavy atom. The quantitative estimate of drug-likeness (QED) is 0.871. The topological polar surface area (TPSA) is 50.2 Å². The summed E-state index contributed by atoms with van der Waals surface area (Å²) in [6, 6.07) is 1.19. The van der Waals surface area contributed by atoms with E-state index in [2.05, 4.69) is 4.98 Å². The molecule has 0 aromatic carbocycles. The van der Waals surface area contributed by atoms with Crippen LogP contribution in [-0.4, -0.2) is 16.1 Å². The van der Waals surface area contributed by atoms with Crippen LogP contribution in [0, 0.1) is 3.57 Å². The Kier molecular flexibility index (Phi) is 3.73. The summed E-state index contributed by atoms with van der Waals surface area (Å²) < 4.78 is 25.0. The van der Waals surface area contributed by atoms with E-state index >= 15 is 0 Å². The van der Waals surface area contributed by atoms with Crippen LogP contribution in [0.25, 0.3) is 0 Å². The van der Waals surface area contributed by atoms with Crippen LogP contribution < -0.4 is 0 Å². The molecule has 0 amide bonds. The standard InChI is InChI=1S/C8H6F2INO2/c9-8(10)4-1-2-12-5(7(4)11)3-6(13)14/h1-2,8H,3H2,(H,13,14). The number of alkyl halides is 2. The third-order valence-electron chi connectivity index (χ3n) is 1.55. The van der Waals surface area contributed by atoms with Crippen molar-refractivity contribution in [2.45, 2.75) is 12.8 Å². The summed E-state index contributed by atoms with van der Waals surface area (Å²) in [5.74, 6) is -1.08. The molecule has 1 N–H and O–H groups in total. The van der Waals surface area contributed by atoms with Crippen LogP contribution in [0.1, 0.15) is 17.7 Å². The maximum atomic E-state index is 12.4. The van der Waals surface area contributed by atoms with Gasteiger partial charge < -0.3 is 5.11 Å². The molecule has 1 aromatic heterocycles. The third-order valence-corrected chi connectivity index (χ3v) is 2.79. The first kappa shape index (κ1) is 11.3. The fourth-order valence-corrected chi connectivity index (χ4v) is 1.68. The predicted octanol–water partition coefficient (Wildman–Crippen LogP) is 2.25. The molecular formula is C8H6F2INO2. The van der Waals surface area contributed by atoms with Gasteiger partial charge >= 0.3 is 5.97 Å². The number of pyridine rings is 1. The molecular weight excluding hydrogens is 307 g/mol. The van der Waals surface area contributed by atoms with E-state index in [0.717, 1.165) is 0 Å². The van der Waals surface area contributed by atoms with Gasteiger partial charge in [0.05, 0.1) is 12.1 Å². The zero-order valence-corrected chi connectivity index (χ0v) is 9.03. The van der Waals surface area contributed by atoms with E-state index in [4.69, 9.17) is 5.11 Å². The molecule has 3 nitrogen and oxygen atoms in total. The molecule has 0 unspecified atom stereocenters. The highest BCUT2D eigenvalue weighted by atomic mass is 127. The fraction of sp³-hybridized carbons (Fsp3) is 0.250. The Labute approximate surface area is 92.3 Å². The molecule has 0 aliphatic heterocycles. The van der Waals surface area contributed by atoms with Crippen LogP contribution >= 0.6 is 22.6 Å². The lowest BCUT2D eigenvalue weighted by molar-refractivity contribution is -0.136. The number of nitrogens with zero attached hydrogens (tertiary/aromatic N) is 1. The second-order valence-corrected chi connectivity index (χ2v) is 3.61. The maximum Gasteiger partial charge on any atom is 0.309 e. The van der Waals surface area contributed by atoms with E-state index < -0.39 is 12.4 Å². The molecule has 76 valence electrons. The van der Waals surface area contributed by atoms with Crippen molar-refractivity contribution in [2.24, 2.45) is 0 Å². The number of hydrogen-bond donors (Lipinski definition) is 1. The van der Waals surface area contributed by atoms with Gasteiger partial charge in [0.2, 0.25) is 0 Å². The average molecular weight is 313 g/mol. The first-order chi connectivity index (χ1) is 6.52. The molecule has 1 heterocycles. The molecule has 0 saturated heterocycles. The molecule has 1 rings (SSSR count). The Bertz CT molecular complexity index is 357. The van der Waals surface area contributed by atoms with Crippen molar-refractivity contribution in [3.8, 4) is 0 Å². The number of rotatable bonds is 3. The molecule has 0 aliphatic carbocycles. The minimum atomic E-state index is -2.60. The zero-order chi connectivity index (χ0) is 10.7. The van der Waals surface area contributed by atoms with E-state index in [0.29, 0.717) is 0 Å². The number of hydrogen-bond acceptors (Lipinski definition) is 2. The van der Waals surface area contributed by atoms with Crippen molar-refractivity contribution in [3.05, 3.63) is 27.1 Å². The summed E-state index contributed by atoms with van der Waals surface area (Å²) >= 11 is 1.68. The summed E-state index contributed by atoms with van der Waals surface area (Å²) in [4.78, 5) is 14.1. The zero-order valence-electron chi connectivity index (χ0n) is 6.88. The van der Waals surface area contributed by atoms with Gasteiger partial charge in [-0.15, -0.1) is 0 Å². The summed E-state index contributed by atoms with van der Waals surface area (Å²) in [7, 11) is 0. The van der Waals surface area contributed by atoms with Crippen molar-refractivity contribution in [2.75, 3.05) is 0 Å². The smallest absolute Gasteiger partial charge is 0.309 e. The molecule has 0 aliphatic rings. The van der Waals surface area contributed by atoms with Gasteiger partial charge in [0.15, 0.2) is 0 Å². The number of carbonyl (C=O) groups is 1. The van der Waals surface area contributed by atoms with Gasteiger partial charge in [-0.25, -0.2) is 8.78 Å². The molecule has 0 fully saturated rings. The monoisotopic (exact) mass is 313 g/mol. The molecule has 0 saturated carbocycles. The Morgan fingerprint density at radius 3 is 2.79 bits per heavy atom. The molecule has 0 spiro atoms. The number of aromatic nitrogens is 1. The van der Waals surface area contributed by atoms with E-state index in [9.17, 15) is 13.6 Å². The minimum Gasteiger partial charge on any atom is -0.481 e. The molecule has 1 aromatic rings. The van der Waals surface area contributed by atoms with Crippen LogP contribution in [0.15, 0.2) is 12.3 Å². The Balaban J connectivity index is 3.07. The molecule has 0 atom stereocenters. The lowest BCUT2D eigenvalue weighted by atomic mass is 10.2. The van der Waals surface area contributed by atoms with Crippen molar-refractivity contribution in [1.82, 2.24) is 4.98 Å². The largest absolute Gasteiger partial charge is 0.481 e. The highest BCUT2D eigenvalue weighted by molar-refractivity contribution is 14.1. The number of aliphatic carboxylic acids is 1. The van der Waals surface area contributed by atoms with Crippen molar-refractivity contribution in [1.29, 1.82) is 0 Å². The predicted molar refractivity (Wildman–Crippen MR) is 53.3 cm³/mol. The van der Waals surface area contributed by atoms with Crippen LogP contribution in [0.4, 0.5) is 8.78 Å². The van der Waals surface area contributed by atoms with Crippen LogP contribution in [0.2, 0.25) is 0 Å². The second-order valence-electron chi connectivity index (χ2n) is 2.53. The van der Waals surface area contributed by atoms with Gasteiger partial charge in [-0.05, 0) is 28.7 Å². The first-order valence-corrected chi connectivity index (χ1v) is 4.73. The summed E-state index contributed by atoms with van der Waals surface area (Å²) in [5.41, 5.74) is 0.00718. The van der Waals surface area contributed by atoms with Gasteiger partial charge in [-0.1, -0.05) is 0 Å². The fourth-order valence-electron chi connectivity index (χ4n) is 0.939. The van der Waals surface area contributed by atoms with E-state index in [-0.39, 0.29) is 21.2 Å². The molecule has 14 heavy (non-hydrogen) atoms. The molecule has 6 heteroatoms. The normalized spacial score (nSPS) is 10.6. The lowest BCUT2D eigenvalue weighted by Crippen LogP contribution is -2.06. The molecule has 0 bridgehead atoms. The lowest BCUT2D eigenvalue weighted by Gasteiger charge is -2.06. The number of carboxylic acid groups (broad SMARTS) is 1. The van der Waals surface area contributed by atoms with Crippen LogP contribution in [0.3, 0.4) is 0 Å². The summed E-state index contributed by atoms with van der Waals surface area (Å²) in [6.07, 6.45) is -1.74. The van der Waals surface area contributed by atoms with E-state index in [1.807, 2.05) is 0 Å². The Morgan fingerprint density at radius 1 is 1.64 bits per heavy atom. The van der Waals surface area contributed by atoms with E-state index in [1.54, 1.807) is 22.6 Å². The SMILES string of the molecule is O=C(O)Cc1nccc(C(F)F)c1I. The highest BCUT2D eigenvalue weighted by Crippen LogP contribution is 2.25. The van der Waals surface area contributed by atoms with E-state index in [1.165, 1.54) is 12.3 Å². The van der Waals surface area contributed by atoms with Crippen molar-refractivity contribution >= 4 is 28.6 Å². The first-order valence-electron chi connectivity index (χ1n) is 3.65. The Hall–Kier alpha value is -0.790. The van der Waals surface area contributed by atoms with Crippen molar-refractivity contribution < 1.29 is 18.7 Å². The highest BCUT2D eigenvalue weighted by Gasteiger charge is 2.16. The van der Waals surface area contributed by atoms with Gasteiger partial charge in [-0.3, -0.25) is 9.78 Å². The second kappa shape index (κ2) is 4.63. The van der Waals surface area contributed by atoms with Gasteiger partial charge in [0.1, 0.15) is 0 Å². The van der Waals surface area contributed by atoms with Crippen LogP contribution in [-0.2, 0) is 11.2 Å². The van der Waals surface area contributed by atoms with Gasteiger partial charge in [0.25, 0.3) is 6.43 Å². The maximum absolute atomic E-state index is 12.4. The van der Waals surface area contributed by atoms with Crippen LogP contribution in [0.5, 0.6) is 0 Å². The number of halogens is 3. The van der Waals surface area contributed by atoms with Gasteiger partial charge in [-0.2, -0.15) is 0 Å². The average Bonchev–Trinajstić information content (AvgIpc) is 2.07. The van der Waals surface area contributed by atoms with Gasteiger partial charge in [0, 0.05) is 15.3 Å². The van der Waals surface area contributed by atoms with Crippen molar-refractivity contribution in [3.63, 3.8) is 0 Å². The summed E-state index contributed by atoms with van der Waals surface area (Å²) in [5, 5.41) is 8.49. The third kappa shape index (κ3) is 2.60. The number of carboxylic acids is 1. The molecule has 0 radical (unpaired) electrons. The minimum absolute atomic E-state index is 0.170.